The van der Waals surface area contributed by atoms with Crippen LogP contribution >= 0.6 is 0 Å². The fourth-order valence-electron chi connectivity index (χ4n) is 2.03. The Kier molecular flexibility index (Phi) is 4.40. The van der Waals surface area contributed by atoms with Crippen molar-refractivity contribution in [2.24, 2.45) is 7.05 Å². The van der Waals surface area contributed by atoms with Gasteiger partial charge in [0.2, 0.25) is 0 Å². The molecule has 0 aliphatic heterocycles. The summed E-state index contributed by atoms with van der Waals surface area (Å²) in [5.41, 5.74) is 2.32. The maximum atomic E-state index is 11.9. The van der Waals surface area contributed by atoms with Crippen LogP contribution in [0.5, 0.6) is 0 Å². The Hall–Kier alpha value is -2.30. The number of para-hydroxylation sites is 1. The van der Waals surface area contributed by atoms with Crippen molar-refractivity contribution < 1.29 is 9.53 Å². The predicted octanol–water partition coefficient (Wildman–Crippen LogP) is 2.23. The lowest BCUT2D eigenvalue weighted by Crippen LogP contribution is -2.19. The Labute approximate surface area is 118 Å². The van der Waals surface area contributed by atoms with Crippen molar-refractivity contribution in [2.75, 3.05) is 18.6 Å². The summed E-state index contributed by atoms with van der Waals surface area (Å²) in [7, 11) is 3.77. The van der Waals surface area contributed by atoms with E-state index in [-0.39, 0.29) is 5.97 Å². The number of hydrogen-bond acceptors (Lipinski definition) is 4. The zero-order chi connectivity index (χ0) is 14.5. The van der Waals surface area contributed by atoms with E-state index in [0.717, 1.165) is 11.4 Å². The molecule has 0 spiro atoms. The average molecular weight is 273 g/mol. The van der Waals surface area contributed by atoms with E-state index in [2.05, 4.69) is 5.10 Å². The lowest BCUT2D eigenvalue weighted by Gasteiger charge is -2.18. The van der Waals surface area contributed by atoms with Gasteiger partial charge in [-0.15, -0.1) is 0 Å². The topological polar surface area (TPSA) is 47.4 Å². The monoisotopic (exact) mass is 273 g/mol. The van der Waals surface area contributed by atoms with Gasteiger partial charge in [-0.05, 0) is 19.1 Å². The number of ether oxygens (including phenoxy) is 1. The minimum absolute atomic E-state index is 0.322. The first-order chi connectivity index (χ1) is 9.61. The Morgan fingerprint density at radius 1 is 1.35 bits per heavy atom. The number of benzene rings is 1. The summed E-state index contributed by atoms with van der Waals surface area (Å²) in [4.78, 5) is 13.9. The summed E-state index contributed by atoms with van der Waals surface area (Å²) in [5.74, 6) is -0.322. The first kappa shape index (κ1) is 14.1. The van der Waals surface area contributed by atoms with Gasteiger partial charge in [-0.2, -0.15) is 5.10 Å². The first-order valence-electron chi connectivity index (χ1n) is 6.57. The van der Waals surface area contributed by atoms with Gasteiger partial charge in [0.15, 0.2) is 0 Å². The van der Waals surface area contributed by atoms with E-state index < -0.39 is 0 Å². The van der Waals surface area contributed by atoms with Gasteiger partial charge in [0.25, 0.3) is 0 Å². The maximum absolute atomic E-state index is 11.9. The highest BCUT2D eigenvalue weighted by Crippen LogP contribution is 2.16. The summed E-state index contributed by atoms with van der Waals surface area (Å²) < 4.78 is 6.70. The van der Waals surface area contributed by atoms with Crippen LogP contribution in [0.3, 0.4) is 0 Å². The molecule has 0 N–H and O–H groups in total. The molecule has 5 heteroatoms. The number of rotatable bonds is 5. The van der Waals surface area contributed by atoms with Gasteiger partial charge in [0.05, 0.1) is 18.8 Å². The molecule has 0 aliphatic rings. The number of aromatic nitrogens is 2. The van der Waals surface area contributed by atoms with E-state index in [9.17, 15) is 4.79 Å². The third-order valence-corrected chi connectivity index (χ3v) is 2.98. The Balaban J connectivity index is 2.19. The van der Waals surface area contributed by atoms with Gasteiger partial charge in [-0.1, -0.05) is 18.2 Å². The van der Waals surface area contributed by atoms with Crippen molar-refractivity contribution in [3.8, 4) is 0 Å². The molecular weight excluding hydrogens is 254 g/mol. The molecule has 0 aliphatic carbocycles. The summed E-state index contributed by atoms with van der Waals surface area (Å²) >= 11 is 0. The molecule has 2 rings (SSSR count). The molecule has 1 aromatic carbocycles. The third-order valence-electron chi connectivity index (χ3n) is 2.98. The fraction of sp³-hybridized carbons (Fsp3) is 0.333. The summed E-state index contributed by atoms with van der Waals surface area (Å²) in [6.45, 7) is 2.71. The molecule has 5 nitrogen and oxygen atoms in total. The van der Waals surface area contributed by atoms with Gasteiger partial charge < -0.3 is 9.64 Å². The van der Waals surface area contributed by atoms with Crippen molar-refractivity contribution in [1.29, 1.82) is 0 Å². The summed E-state index contributed by atoms with van der Waals surface area (Å²) in [6.07, 6.45) is 1.70. The molecule has 0 saturated heterocycles. The van der Waals surface area contributed by atoms with Crippen molar-refractivity contribution in [3.05, 3.63) is 47.8 Å². The minimum atomic E-state index is -0.322. The highest BCUT2D eigenvalue weighted by molar-refractivity contribution is 5.90. The normalized spacial score (nSPS) is 10.3. The Morgan fingerprint density at radius 3 is 2.70 bits per heavy atom. The summed E-state index contributed by atoms with van der Waals surface area (Å²) in [5, 5.41) is 4.35. The van der Waals surface area contributed by atoms with Gasteiger partial charge in [0, 0.05) is 26.0 Å². The molecule has 1 heterocycles. The number of hydrogen-bond donors (Lipinski definition) is 0. The van der Waals surface area contributed by atoms with Gasteiger partial charge in [-0.3, -0.25) is 4.68 Å². The molecule has 0 unspecified atom stereocenters. The number of anilines is 1. The standard InChI is InChI=1S/C15H19N3O2/c1-4-20-15(19)13-10-18(3)16-14(13)11-17(2)12-8-6-5-7-9-12/h5-10H,4,11H2,1-3H3. The molecule has 20 heavy (non-hydrogen) atoms. The van der Waals surface area contributed by atoms with Crippen LogP contribution in [0.1, 0.15) is 23.0 Å². The molecule has 2 aromatic rings. The zero-order valence-corrected chi connectivity index (χ0v) is 12.0. The first-order valence-corrected chi connectivity index (χ1v) is 6.57. The van der Waals surface area contributed by atoms with Crippen molar-refractivity contribution in [2.45, 2.75) is 13.5 Å². The van der Waals surface area contributed by atoms with Gasteiger partial charge >= 0.3 is 5.97 Å². The molecule has 0 amide bonds. The van der Waals surface area contributed by atoms with Crippen LogP contribution in [0.4, 0.5) is 5.69 Å². The average Bonchev–Trinajstić information content (AvgIpc) is 2.81. The zero-order valence-electron chi connectivity index (χ0n) is 12.0. The van der Waals surface area contributed by atoms with E-state index in [1.165, 1.54) is 0 Å². The van der Waals surface area contributed by atoms with Crippen LogP contribution in [0.2, 0.25) is 0 Å². The third kappa shape index (κ3) is 3.17. The minimum Gasteiger partial charge on any atom is -0.462 e. The Morgan fingerprint density at radius 2 is 2.05 bits per heavy atom. The SMILES string of the molecule is CCOC(=O)c1cn(C)nc1CN(C)c1ccccc1. The fourth-order valence-corrected chi connectivity index (χ4v) is 2.03. The number of carbonyl (C=O) groups excluding carboxylic acids is 1. The second kappa shape index (κ2) is 6.23. The van der Waals surface area contributed by atoms with Crippen molar-refractivity contribution >= 4 is 11.7 Å². The van der Waals surface area contributed by atoms with E-state index in [0.29, 0.717) is 18.7 Å². The van der Waals surface area contributed by atoms with Crippen LogP contribution < -0.4 is 4.90 Å². The quantitative estimate of drug-likeness (QED) is 0.784. The smallest absolute Gasteiger partial charge is 0.341 e. The molecule has 0 radical (unpaired) electrons. The highest BCUT2D eigenvalue weighted by Gasteiger charge is 2.18. The largest absolute Gasteiger partial charge is 0.462 e. The summed E-state index contributed by atoms with van der Waals surface area (Å²) in [6, 6.07) is 9.98. The second-order valence-corrected chi connectivity index (χ2v) is 4.58. The number of carbonyl (C=O) groups is 1. The lowest BCUT2D eigenvalue weighted by molar-refractivity contribution is 0.0525. The van der Waals surface area contributed by atoms with E-state index in [1.807, 2.05) is 42.3 Å². The highest BCUT2D eigenvalue weighted by atomic mass is 16.5. The maximum Gasteiger partial charge on any atom is 0.341 e. The van der Waals surface area contributed by atoms with Crippen LogP contribution in [-0.2, 0) is 18.3 Å². The van der Waals surface area contributed by atoms with E-state index in [1.54, 1.807) is 24.9 Å². The van der Waals surface area contributed by atoms with Crippen LogP contribution in [0, 0.1) is 0 Å². The second-order valence-electron chi connectivity index (χ2n) is 4.58. The Bertz CT molecular complexity index is 578. The molecule has 1 aromatic heterocycles. The van der Waals surface area contributed by atoms with Crippen LogP contribution in [0.25, 0.3) is 0 Å². The molecule has 106 valence electrons. The number of aryl methyl sites for hydroxylation is 1. The van der Waals surface area contributed by atoms with E-state index in [4.69, 9.17) is 4.74 Å². The molecule has 0 bridgehead atoms. The molecule has 0 fully saturated rings. The molecular formula is C15H19N3O2. The van der Waals surface area contributed by atoms with Crippen molar-refractivity contribution in [3.63, 3.8) is 0 Å². The van der Waals surface area contributed by atoms with Gasteiger partial charge in [-0.25, -0.2) is 4.79 Å². The van der Waals surface area contributed by atoms with Crippen LogP contribution in [-0.4, -0.2) is 29.4 Å². The van der Waals surface area contributed by atoms with Crippen LogP contribution in [0.15, 0.2) is 36.5 Å². The van der Waals surface area contributed by atoms with E-state index >= 15 is 0 Å². The van der Waals surface area contributed by atoms with Gasteiger partial charge in [0.1, 0.15) is 5.56 Å². The van der Waals surface area contributed by atoms with Crippen molar-refractivity contribution in [1.82, 2.24) is 9.78 Å². The predicted molar refractivity (Wildman–Crippen MR) is 77.7 cm³/mol. The molecule has 0 saturated carbocycles. The number of esters is 1. The molecule has 0 atom stereocenters. The lowest BCUT2D eigenvalue weighted by atomic mass is 10.2. The number of nitrogens with zero attached hydrogens (tertiary/aromatic N) is 3.